The molecule has 0 amide bonds. The van der Waals surface area contributed by atoms with E-state index in [0.717, 1.165) is 11.3 Å². The van der Waals surface area contributed by atoms with E-state index in [4.69, 9.17) is 15.2 Å². The second-order valence-electron chi connectivity index (χ2n) is 4.84. The SMILES string of the molecule is COc1ccc2c(c1)OC(C)(C)c1nnc(N)nc1-2. The number of hydrogen-bond donors (Lipinski definition) is 1. The zero-order valence-electron chi connectivity index (χ0n) is 11.0. The minimum Gasteiger partial charge on any atom is -0.497 e. The minimum absolute atomic E-state index is 0.151. The molecule has 1 aliphatic rings. The van der Waals surface area contributed by atoms with Crippen LogP contribution in [-0.2, 0) is 5.60 Å². The molecule has 6 nitrogen and oxygen atoms in total. The number of ether oxygens (including phenoxy) is 2. The number of nitrogens with two attached hydrogens (primary N) is 1. The summed E-state index contributed by atoms with van der Waals surface area (Å²) in [6.45, 7) is 3.83. The van der Waals surface area contributed by atoms with Crippen molar-refractivity contribution in [3.05, 3.63) is 23.9 Å². The van der Waals surface area contributed by atoms with Crippen LogP contribution in [-0.4, -0.2) is 22.3 Å². The van der Waals surface area contributed by atoms with E-state index in [1.54, 1.807) is 7.11 Å². The van der Waals surface area contributed by atoms with Gasteiger partial charge in [-0.15, -0.1) is 10.2 Å². The van der Waals surface area contributed by atoms with Crippen molar-refractivity contribution in [3.8, 4) is 22.8 Å². The Morgan fingerprint density at radius 2 is 2.05 bits per heavy atom. The molecule has 19 heavy (non-hydrogen) atoms. The van der Waals surface area contributed by atoms with Crippen molar-refractivity contribution in [1.29, 1.82) is 0 Å². The van der Waals surface area contributed by atoms with Crippen molar-refractivity contribution in [2.75, 3.05) is 12.8 Å². The molecule has 3 rings (SSSR count). The smallest absolute Gasteiger partial charge is 0.240 e. The number of hydrogen-bond acceptors (Lipinski definition) is 6. The monoisotopic (exact) mass is 258 g/mol. The fourth-order valence-electron chi connectivity index (χ4n) is 2.16. The summed E-state index contributed by atoms with van der Waals surface area (Å²) >= 11 is 0. The first-order valence-electron chi connectivity index (χ1n) is 5.89. The van der Waals surface area contributed by atoms with Crippen molar-refractivity contribution >= 4 is 5.95 Å². The summed E-state index contributed by atoms with van der Waals surface area (Å²) in [5.74, 6) is 1.59. The molecule has 0 bridgehead atoms. The van der Waals surface area contributed by atoms with Gasteiger partial charge in [0.05, 0.1) is 7.11 Å². The minimum atomic E-state index is -0.609. The number of methoxy groups -OCH3 is 1. The van der Waals surface area contributed by atoms with Gasteiger partial charge in [0.2, 0.25) is 5.95 Å². The molecule has 0 radical (unpaired) electrons. The Hall–Kier alpha value is -2.37. The number of rotatable bonds is 1. The van der Waals surface area contributed by atoms with Gasteiger partial charge in [-0.2, -0.15) is 0 Å². The first kappa shape index (κ1) is 11.7. The first-order chi connectivity index (χ1) is 9.01. The molecule has 6 heteroatoms. The normalized spacial score (nSPS) is 15.1. The fourth-order valence-corrected chi connectivity index (χ4v) is 2.16. The van der Waals surface area contributed by atoms with Crippen molar-refractivity contribution < 1.29 is 9.47 Å². The number of nitrogens with zero attached hydrogens (tertiary/aromatic N) is 3. The summed E-state index contributed by atoms with van der Waals surface area (Å²) in [6.07, 6.45) is 0. The molecule has 2 N–H and O–H groups in total. The lowest BCUT2D eigenvalue weighted by molar-refractivity contribution is 0.0984. The maximum Gasteiger partial charge on any atom is 0.240 e. The van der Waals surface area contributed by atoms with Gasteiger partial charge in [-0.25, -0.2) is 4.98 Å². The van der Waals surface area contributed by atoms with Crippen LogP contribution in [0.3, 0.4) is 0 Å². The summed E-state index contributed by atoms with van der Waals surface area (Å²) in [5, 5.41) is 7.93. The molecular weight excluding hydrogens is 244 g/mol. The molecule has 0 saturated carbocycles. The van der Waals surface area contributed by atoms with E-state index in [9.17, 15) is 0 Å². The fraction of sp³-hybridized carbons (Fsp3) is 0.308. The molecule has 0 unspecified atom stereocenters. The molecule has 1 aromatic carbocycles. The third-order valence-corrected chi connectivity index (χ3v) is 3.08. The molecule has 0 atom stereocenters. The van der Waals surface area contributed by atoms with E-state index < -0.39 is 5.60 Å². The molecule has 2 heterocycles. The number of fused-ring (bicyclic) bond motifs is 3. The van der Waals surface area contributed by atoms with E-state index in [0.29, 0.717) is 17.1 Å². The summed E-state index contributed by atoms with van der Waals surface area (Å²) in [7, 11) is 1.62. The molecular formula is C13H14N4O2. The molecule has 98 valence electrons. The van der Waals surface area contributed by atoms with Gasteiger partial charge in [0.15, 0.2) is 0 Å². The molecule has 0 spiro atoms. The average Bonchev–Trinajstić information content (AvgIpc) is 2.37. The molecule has 0 aliphatic carbocycles. The van der Waals surface area contributed by atoms with Crippen LogP contribution in [0.5, 0.6) is 11.5 Å². The second kappa shape index (κ2) is 3.81. The first-order valence-corrected chi connectivity index (χ1v) is 5.89. The van der Waals surface area contributed by atoms with Crippen LogP contribution < -0.4 is 15.2 Å². The van der Waals surface area contributed by atoms with Crippen LogP contribution in [0.2, 0.25) is 0 Å². The highest BCUT2D eigenvalue weighted by Gasteiger charge is 2.36. The third-order valence-electron chi connectivity index (χ3n) is 3.08. The van der Waals surface area contributed by atoms with Crippen LogP contribution in [0.4, 0.5) is 5.95 Å². The van der Waals surface area contributed by atoms with Gasteiger partial charge < -0.3 is 15.2 Å². The Balaban J connectivity index is 2.27. The number of aromatic nitrogens is 3. The van der Waals surface area contributed by atoms with E-state index in [1.807, 2.05) is 32.0 Å². The Labute approximate surface area is 110 Å². The summed E-state index contributed by atoms with van der Waals surface area (Å²) in [4.78, 5) is 4.29. The van der Waals surface area contributed by atoms with Crippen LogP contribution in [0.25, 0.3) is 11.3 Å². The van der Waals surface area contributed by atoms with Gasteiger partial charge >= 0.3 is 0 Å². The Morgan fingerprint density at radius 3 is 2.79 bits per heavy atom. The standard InChI is InChI=1S/C13H14N4O2/c1-13(2)11-10(15-12(14)17-16-11)8-5-4-7(18-3)6-9(8)19-13/h4-6H,1-3H3,(H2,14,15,17). The van der Waals surface area contributed by atoms with Crippen LogP contribution >= 0.6 is 0 Å². The number of benzene rings is 1. The topological polar surface area (TPSA) is 83.2 Å². The zero-order chi connectivity index (χ0) is 13.6. The predicted molar refractivity (Wildman–Crippen MR) is 69.9 cm³/mol. The number of nitrogen functional groups attached to an aromatic ring is 1. The molecule has 2 aromatic rings. The maximum atomic E-state index is 5.96. The highest BCUT2D eigenvalue weighted by Crippen LogP contribution is 2.44. The molecule has 1 aromatic heterocycles. The molecule has 0 saturated heterocycles. The summed E-state index contributed by atoms with van der Waals surface area (Å²) in [6, 6.07) is 5.57. The van der Waals surface area contributed by atoms with Gasteiger partial charge in [0, 0.05) is 11.6 Å². The van der Waals surface area contributed by atoms with Gasteiger partial charge in [-0.3, -0.25) is 0 Å². The van der Waals surface area contributed by atoms with E-state index in [1.165, 1.54) is 0 Å². The largest absolute Gasteiger partial charge is 0.497 e. The Morgan fingerprint density at radius 1 is 1.26 bits per heavy atom. The van der Waals surface area contributed by atoms with Gasteiger partial charge in [-0.05, 0) is 26.0 Å². The summed E-state index contributed by atoms with van der Waals surface area (Å²) < 4.78 is 11.2. The van der Waals surface area contributed by atoms with Gasteiger partial charge in [0.25, 0.3) is 0 Å². The van der Waals surface area contributed by atoms with E-state index in [-0.39, 0.29) is 5.95 Å². The van der Waals surface area contributed by atoms with Crippen molar-refractivity contribution in [2.24, 2.45) is 0 Å². The lowest BCUT2D eigenvalue weighted by Crippen LogP contribution is -2.31. The lowest BCUT2D eigenvalue weighted by atomic mass is 9.94. The highest BCUT2D eigenvalue weighted by molar-refractivity contribution is 5.73. The van der Waals surface area contributed by atoms with Crippen molar-refractivity contribution in [2.45, 2.75) is 19.4 Å². The predicted octanol–water partition coefficient (Wildman–Crippen LogP) is 1.76. The van der Waals surface area contributed by atoms with Crippen LogP contribution in [0.1, 0.15) is 19.5 Å². The zero-order valence-corrected chi connectivity index (χ0v) is 11.0. The second-order valence-corrected chi connectivity index (χ2v) is 4.84. The average molecular weight is 258 g/mol. The Bertz CT molecular complexity index is 655. The third kappa shape index (κ3) is 1.76. The maximum absolute atomic E-state index is 5.96. The van der Waals surface area contributed by atoms with Gasteiger partial charge in [0.1, 0.15) is 28.5 Å². The summed E-state index contributed by atoms with van der Waals surface area (Å²) in [5.41, 5.74) is 7.26. The van der Waals surface area contributed by atoms with Crippen molar-refractivity contribution in [3.63, 3.8) is 0 Å². The van der Waals surface area contributed by atoms with Crippen LogP contribution in [0.15, 0.2) is 18.2 Å². The highest BCUT2D eigenvalue weighted by atomic mass is 16.5. The van der Waals surface area contributed by atoms with E-state index in [2.05, 4.69) is 15.2 Å². The molecule has 0 fully saturated rings. The number of anilines is 1. The quantitative estimate of drug-likeness (QED) is 0.839. The lowest BCUT2D eigenvalue weighted by Gasteiger charge is -2.32. The van der Waals surface area contributed by atoms with Crippen LogP contribution in [0, 0.1) is 0 Å². The van der Waals surface area contributed by atoms with E-state index >= 15 is 0 Å². The molecule has 1 aliphatic heterocycles. The Kier molecular flexibility index (Phi) is 2.35. The van der Waals surface area contributed by atoms with Crippen molar-refractivity contribution in [1.82, 2.24) is 15.2 Å². The van der Waals surface area contributed by atoms with Gasteiger partial charge in [-0.1, -0.05) is 0 Å².